The number of carbonyl (C=O) groups excluding carboxylic acids is 2. The molecule has 0 bridgehead atoms. The van der Waals surface area contributed by atoms with E-state index in [0.29, 0.717) is 47.3 Å². The van der Waals surface area contributed by atoms with Crippen molar-refractivity contribution >= 4 is 29.0 Å². The first kappa shape index (κ1) is 28.4. The van der Waals surface area contributed by atoms with E-state index in [-0.39, 0.29) is 12.5 Å². The maximum atomic E-state index is 13.4. The third-order valence-electron chi connectivity index (χ3n) is 6.83. The Hall–Kier alpha value is -5.77. The Balaban J connectivity index is 1.21. The zero-order valence-electron chi connectivity index (χ0n) is 24.1. The Bertz CT molecular complexity index is 1860. The molecule has 0 spiro atoms. The topological polar surface area (TPSA) is 120 Å². The predicted octanol–water partition coefficient (Wildman–Crippen LogP) is 6.34. The van der Waals surface area contributed by atoms with Crippen LogP contribution in [0.1, 0.15) is 40.3 Å². The lowest BCUT2D eigenvalue weighted by Crippen LogP contribution is -2.18. The number of amides is 1. The molecule has 10 nitrogen and oxygen atoms in total. The van der Waals surface area contributed by atoms with Crippen LogP contribution in [0.3, 0.4) is 0 Å². The first-order valence-electron chi connectivity index (χ1n) is 14.1. The summed E-state index contributed by atoms with van der Waals surface area (Å²) >= 11 is 0. The normalized spacial score (nSPS) is 12.0. The second kappa shape index (κ2) is 12.6. The van der Waals surface area contributed by atoms with Gasteiger partial charge in [0, 0.05) is 16.5 Å². The number of ether oxygens (including phenoxy) is 5. The van der Waals surface area contributed by atoms with Gasteiger partial charge in [-0.2, -0.15) is 5.10 Å². The van der Waals surface area contributed by atoms with Gasteiger partial charge < -0.3 is 28.7 Å². The van der Waals surface area contributed by atoms with E-state index in [9.17, 15) is 9.59 Å². The first-order valence-corrected chi connectivity index (χ1v) is 14.1. The molecule has 222 valence electrons. The number of hydrazone groups is 1. The SMILES string of the molecule is CCOc1ccc2[nH]c(C(=O)NN=Cc3ccc(OC(=O)c4ccc5c(c4)OCO5)c(OCC)c3)c(-c3ccccc3)c2c1. The number of carbonyl (C=O) groups is 2. The Morgan fingerprint density at radius 3 is 2.52 bits per heavy atom. The Morgan fingerprint density at radius 1 is 0.886 bits per heavy atom. The van der Waals surface area contributed by atoms with Crippen molar-refractivity contribution < 1.29 is 33.3 Å². The Kier molecular flexibility index (Phi) is 8.13. The molecule has 0 saturated heterocycles. The number of benzene rings is 4. The highest BCUT2D eigenvalue weighted by molar-refractivity contribution is 6.10. The maximum absolute atomic E-state index is 13.4. The fourth-order valence-electron chi connectivity index (χ4n) is 4.86. The van der Waals surface area contributed by atoms with Crippen molar-refractivity contribution in [3.05, 3.63) is 102 Å². The molecule has 0 saturated carbocycles. The lowest BCUT2D eigenvalue weighted by atomic mass is 10.0. The summed E-state index contributed by atoms with van der Waals surface area (Å²) in [5, 5.41) is 5.05. The third-order valence-corrected chi connectivity index (χ3v) is 6.83. The molecular formula is C34H29N3O7. The zero-order chi connectivity index (χ0) is 30.5. The lowest BCUT2D eigenvalue weighted by molar-refractivity contribution is 0.0727. The Morgan fingerprint density at radius 2 is 1.70 bits per heavy atom. The molecule has 10 heteroatoms. The number of rotatable bonds is 10. The first-order chi connectivity index (χ1) is 21.5. The maximum Gasteiger partial charge on any atom is 0.343 e. The number of esters is 1. The van der Waals surface area contributed by atoms with Gasteiger partial charge in [-0.3, -0.25) is 4.79 Å². The molecule has 0 radical (unpaired) electrons. The average Bonchev–Trinajstić information content (AvgIpc) is 3.67. The van der Waals surface area contributed by atoms with Gasteiger partial charge in [0.15, 0.2) is 23.0 Å². The molecular weight excluding hydrogens is 562 g/mol. The van der Waals surface area contributed by atoms with Crippen molar-refractivity contribution in [1.29, 1.82) is 0 Å². The monoisotopic (exact) mass is 591 g/mol. The van der Waals surface area contributed by atoms with Crippen LogP contribution in [0, 0.1) is 0 Å². The second-order valence-electron chi connectivity index (χ2n) is 9.68. The number of aromatic nitrogens is 1. The lowest BCUT2D eigenvalue weighted by Gasteiger charge is -2.11. The summed E-state index contributed by atoms with van der Waals surface area (Å²) < 4.78 is 27.7. The number of hydrogen-bond acceptors (Lipinski definition) is 8. The average molecular weight is 592 g/mol. The van der Waals surface area contributed by atoms with Crippen LogP contribution in [0.4, 0.5) is 0 Å². The molecule has 1 aliphatic heterocycles. The summed E-state index contributed by atoms with van der Waals surface area (Å²) in [6, 6.07) is 25.2. The van der Waals surface area contributed by atoms with Crippen LogP contribution in [0.15, 0.2) is 90.0 Å². The van der Waals surface area contributed by atoms with Crippen LogP contribution >= 0.6 is 0 Å². The summed E-state index contributed by atoms with van der Waals surface area (Å²) in [5.74, 6) is 1.39. The van der Waals surface area contributed by atoms with Gasteiger partial charge in [0.25, 0.3) is 5.91 Å². The molecule has 1 amide bonds. The van der Waals surface area contributed by atoms with Crippen LogP contribution in [0.2, 0.25) is 0 Å². The molecule has 5 aromatic rings. The standard InChI is InChI=1S/C34H29N3O7/c1-3-40-24-12-13-26-25(18-24)31(22-8-6-5-7-9-22)32(36-26)33(38)37-35-19-21-10-14-28(29(16-21)41-4-2)44-34(39)23-11-15-27-30(17-23)43-20-42-27/h5-19,36H,3-4,20H2,1-2H3,(H,37,38). The molecule has 1 aliphatic rings. The highest BCUT2D eigenvalue weighted by atomic mass is 16.7. The predicted molar refractivity (Wildman–Crippen MR) is 165 cm³/mol. The Labute approximate surface area is 253 Å². The van der Waals surface area contributed by atoms with Gasteiger partial charge in [-0.25, -0.2) is 10.2 Å². The summed E-state index contributed by atoms with van der Waals surface area (Å²) in [7, 11) is 0. The van der Waals surface area contributed by atoms with Gasteiger partial charge in [-0.1, -0.05) is 30.3 Å². The molecule has 2 N–H and O–H groups in total. The number of fused-ring (bicyclic) bond motifs is 2. The number of aromatic amines is 1. The van der Waals surface area contributed by atoms with Crippen LogP contribution < -0.4 is 29.1 Å². The highest BCUT2D eigenvalue weighted by Gasteiger charge is 2.21. The van der Waals surface area contributed by atoms with Crippen molar-refractivity contribution in [2.45, 2.75) is 13.8 Å². The molecule has 4 aromatic carbocycles. The van der Waals surface area contributed by atoms with E-state index in [0.717, 1.165) is 27.8 Å². The number of nitrogens with one attached hydrogen (secondary N) is 2. The second-order valence-corrected chi connectivity index (χ2v) is 9.68. The van der Waals surface area contributed by atoms with Crippen molar-refractivity contribution in [1.82, 2.24) is 10.4 Å². The molecule has 44 heavy (non-hydrogen) atoms. The van der Waals surface area contributed by atoms with Gasteiger partial charge in [0.2, 0.25) is 6.79 Å². The van der Waals surface area contributed by atoms with Gasteiger partial charge in [-0.05, 0) is 79.6 Å². The minimum atomic E-state index is -0.570. The van der Waals surface area contributed by atoms with Gasteiger partial charge in [0.1, 0.15) is 11.4 Å². The van der Waals surface area contributed by atoms with E-state index in [1.807, 2.05) is 62.4 Å². The smallest absolute Gasteiger partial charge is 0.343 e. The number of hydrogen-bond donors (Lipinski definition) is 2. The molecule has 1 aromatic heterocycles. The van der Waals surface area contributed by atoms with Crippen LogP contribution in [-0.2, 0) is 0 Å². The van der Waals surface area contributed by atoms with Gasteiger partial charge in [0.05, 0.1) is 25.0 Å². The van der Waals surface area contributed by atoms with Crippen molar-refractivity contribution in [3.8, 4) is 39.9 Å². The minimum Gasteiger partial charge on any atom is -0.494 e. The summed E-state index contributed by atoms with van der Waals surface area (Å²) in [5.41, 5.74) is 6.36. The number of H-pyrrole nitrogens is 1. The molecule has 0 aliphatic carbocycles. The van der Waals surface area contributed by atoms with E-state index in [4.69, 9.17) is 23.7 Å². The van der Waals surface area contributed by atoms with E-state index in [1.165, 1.54) is 6.21 Å². The van der Waals surface area contributed by atoms with Crippen LogP contribution in [0.25, 0.3) is 22.0 Å². The molecule has 0 atom stereocenters. The molecule has 6 rings (SSSR count). The summed E-state index contributed by atoms with van der Waals surface area (Å²) in [6.07, 6.45) is 1.49. The van der Waals surface area contributed by atoms with Gasteiger partial charge >= 0.3 is 5.97 Å². The summed E-state index contributed by atoms with van der Waals surface area (Å²) in [6.45, 7) is 4.74. The van der Waals surface area contributed by atoms with E-state index < -0.39 is 11.9 Å². The fraction of sp³-hybridized carbons (Fsp3) is 0.147. The van der Waals surface area contributed by atoms with E-state index in [2.05, 4.69) is 15.5 Å². The quantitative estimate of drug-likeness (QED) is 0.0841. The van der Waals surface area contributed by atoms with Crippen LogP contribution in [0.5, 0.6) is 28.7 Å². The zero-order valence-corrected chi connectivity index (χ0v) is 24.1. The largest absolute Gasteiger partial charge is 0.494 e. The van der Waals surface area contributed by atoms with E-state index in [1.54, 1.807) is 36.4 Å². The molecule has 0 fully saturated rings. The van der Waals surface area contributed by atoms with Crippen molar-refractivity contribution in [2.75, 3.05) is 20.0 Å². The van der Waals surface area contributed by atoms with Crippen molar-refractivity contribution in [3.63, 3.8) is 0 Å². The van der Waals surface area contributed by atoms with E-state index >= 15 is 0 Å². The van der Waals surface area contributed by atoms with Crippen molar-refractivity contribution in [2.24, 2.45) is 5.10 Å². The summed E-state index contributed by atoms with van der Waals surface area (Å²) in [4.78, 5) is 29.4. The molecule has 2 heterocycles. The highest BCUT2D eigenvalue weighted by Crippen LogP contribution is 2.36. The fourth-order valence-corrected chi connectivity index (χ4v) is 4.86. The number of nitrogens with zero attached hydrogens (tertiary/aromatic N) is 1. The van der Waals surface area contributed by atoms with Gasteiger partial charge in [-0.15, -0.1) is 0 Å². The minimum absolute atomic E-state index is 0.108. The van der Waals surface area contributed by atoms with Crippen LogP contribution in [-0.4, -0.2) is 43.1 Å². The third kappa shape index (κ3) is 5.91. The molecule has 0 unspecified atom stereocenters.